The molecule has 1 N–H and O–H groups in total. The highest BCUT2D eigenvalue weighted by Crippen LogP contribution is 2.35. The molecule has 0 bridgehead atoms. The maximum atomic E-state index is 12.9. The van der Waals surface area contributed by atoms with Crippen LogP contribution in [0.4, 0.5) is 26.3 Å². The van der Waals surface area contributed by atoms with Gasteiger partial charge in [-0.05, 0) is 43.7 Å². The summed E-state index contributed by atoms with van der Waals surface area (Å²) in [5.74, 6) is 0. The van der Waals surface area contributed by atoms with E-state index >= 15 is 0 Å². The van der Waals surface area contributed by atoms with E-state index in [4.69, 9.17) is 0 Å². The molecule has 29 heavy (non-hydrogen) atoms. The van der Waals surface area contributed by atoms with Crippen LogP contribution in [-0.4, -0.2) is 35.1 Å². The predicted molar refractivity (Wildman–Crippen MR) is 96.2 cm³/mol. The van der Waals surface area contributed by atoms with E-state index in [1.807, 2.05) is 13.8 Å². The van der Waals surface area contributed by atoms with Crippen molar-refractivity contribution in [3.63, 3.8) is 0 Å². The molecule has 3 nitrogen and oxygen atoms in total. The summed E-state index contributed by atoms with van der Waals surface area (Å²) in [6.07, 6.45) is -8.20. The molecule has 0 saturated carbocycles. The zero-order valence-corrected chi connectivity index (χ0v) is 15.8. The van der Waals surface area contributed by atoms with Crippen LogP contribution in [0.15, 0.2) is 42.6 Å². The molecule has 2 aromatic rings. The maximum Gasteiger partial charge on any atom is 0.417 e. The van der Waals surface area contributed by atoms with Crippen LogP contribution in [0.3, 0.4) is 0 Å². The van der Waals surface area contributed by atoms with Crippen molar-refractivity contribution >= 4 is 0 Å². The first-order valence-electron chi connectivity index (χ1n) is 9.16. The SMILES string of the molecule is C[C@@H]1CN[C@@H](C)CN1C(c1ccc(C(F)(F)F)cc1)c1ccc(C(F)(F)F)cn1. The average Bonchev–Trinajstić information content (AvgIpc) is 2.64. The Kier molecular flexibility index (Phi) is 5.91. The summed E-state index contributed by atoms with van der Waals surface area (Å²) >= 11 is 0. The lowest BCUT2D eigenvalue weighted by atomic mass is 9.96. The minimum absolute atomic E-state index is 0.0163. The second-order valence-electron chi connectivity index (χ2n) is 7.35. The van der Waals surface area contributed by atoms with E-state index in [0.29, 0.717) is 24.3 Å². The van der Waals surface area contributed by atoms with Gasteiger partial charge in [0, 0.05) is 31.4 Å². The fourth-order valence-electron chi connectivity index (χ4n) is 3.53. The number of pyridine rings is 1. The first-order chi connectivity index (χ1) is 13.5. The number of halogens is 6. The largest absolute Gasteiger partial charge is 0.417 e. The van der Waals surface area contributed by atoms with E-state index < -0.39 is 29.5 Å². The van der Waals surface area contributed by atoms with Crippen LogP contribution in [0.1, 0.15) is 42.3 Å². The smallest absolute Gasteiger partial charge is 0.311 e. The molecule has 9 heteroatoms. The Balaban J connectivity index is 2.02. The maximum absolute atomic E-state index is 12.9. The third kappa shape index (κ3) is 4.90. The molecule has 0 spiro atoms. The summed E-state index contributed by atoms with van der Waals surface area (Å²) in [7, 11) is 0. The molecule has 0 amide bonds. The van der Waals surface area contributed by atoms with Crippen LogP contribution in [0.5, 0.6) is 0 Å². The van der Waals surface area contributed by atoms with E-state index in [0.717, 1.165) is 24.4 Å². The van der Waals surface area contributed by atoms with Crippen molar-refractivity contribution < 1.29 is 26.3 Å². The summed E-state index contributed by atoms with van der Waals surface area (Å²) < 4.78 is 77.5. The molecular formula is C20H21F6N3. The Bertz CT molecular complexity index is 757. The molecule has 1 aromatic carbocycles. The Labute approximate surface area is 164 Å². The third-order valence-corrected chi connectivity index (χ3v) is 5.09. The van der Waals surface area contributed by atoms with Gasteiger partial charge in [-0.3, -0.25) is 9.88 Å². The lowest BCUT2D eigenvalue weighted by Gasteiger charge is -2.42. The Morgan fingerprint density at radius 3 is 2.03 bits per heavy atom. The number of nitrogens with zero attached hydrogens (tertiary/aromatic N) is 2. The second kappa shape index (κ2) is 7.95. The quantitative estimate of drug-likeness (QED) is 0.721. The highest BCUT2D eigenvalue weighted by Gasteiger charge is 2.35. The first kappa shape index (κ1) is 21.6. The van der Waals surface area contributed by atoms with Gasteiger partial charge < -0.3 is 5.32 Å². The fourth-order valence-corrected chi connectivity index (χ4v) is 3.53. The van der Waals surface area contributed by atoms with Gasteiger partial charge in [-0.2, -0.15) is 26.3 Å². The number of alkyl halides is 6. The lowest BCUT2D eigenvalue weighted by molar-refractivity contribution is -0.138. The van der Waals surface area contributed by atoms with E-state index in [1.54, 1.807) is 0 Å². The topological polar surface area (TPSA) is 28.2 Å². The molecular weight excluding hydrogens is 396 g/mol. The van der Waals surface area contributed by atoms with Crippen molar-refractivity contribution in [3.8, 4) is 0 Å². The van der Waals surface area contributed by atoms with Gasteiger partial charge in [0.15, 0.2) is 0 Å². The van der Waals surface area contributed by atoms with E-state index in [9.17, 15) is 26.3 Å². The molecule has 1 aliphatic rings. The summed E-state index contributed by atoms with van der Waals surface area (Å²) in [5.41, 5.74) is -0.735. The van der Waals surface area contributed by atoms with Gasteiger partial charge in [-0.25, -0.2) is 0 Å². The third-order valence-electron chi connectivity index (χ3n) is 5.09. The number of hydrogen-bond donors (Lipinski definition) is 1. The molecule has 1 aliphatic heterocycles. The molecule has 0 radical (unpaired) electrons. The minimum atomic E-state index is -4.51. The van der Waals surface area contributed by atoms with E-state index in [2.05, 4.69) is 15.2 Å². The molecule has 158 valence electrons. The van der Waals surface area contributed by atoms with Crippen molar-refractivity contribution in [2.24, 2.45) is 0 Å². The molecule has 0 aliphatic carbocycles. The Hall–Kier alpha value is -2.13. The van der Waals surface area contributed by atoms with Crippen molar-refractivity contribution in [3.05, 3.63) is 65.0 Å². The molecule has 1 aromatic heterocycles. The highest BCUT2D eigenvalue weighted by molar-refractivity contribution is 5.33. The van der Waals surface area contributed by atoms with Gasteiger partial charge in [-0.15, -0.1) is 0 Å². The van der Waals surface area contributed by atoms with Crippen molar-refractivity contribution in [1.29, 1.82) is 0 Å². The van der Waals surface area contributed by atoms with Crippen molar-refractivity contribution in [2.75, 3.05) is 13.1 Å². The van der Waals surface area contributed by atoms with Gasteiger partial charge in [-0.1, -0.05) is 12.1 Å². The van der Waals surface area contributed by atoms with Gasteiger partial charge in [0.2, 0.25) is 0 Å². The molecule has 1 fully saturated rings. The van der Waals surface area contributed by atoms with Gasteiger partial charge >= 0.3 is 12.4 Å². The van der Waals surface area contributed by atoms with Crippen molar-refractivity contribution in [2.45, 2.75) is 44.3 Å². The van der Waals surface area contributed by atoms with Gasteiger partial charge in [0.1, 0.15) is 0 Å². The Morgan fingerprint density at radius 1 is 0.931 bits per heavy atom. The molecule has 1 saturated heterocycles. The number of aromatic nitrogens is 1. The van der Waals surface area contributed by atoms with E-state index in [-0.39, 0.29) is 12.1 Å². The monoisotopic (exact) mass is 417 g/mol. The van der Waals surface area contributed by atoms with Gasteiger partial charge in [0.05, 0.1) is 22.9 Å². The number of benzene rings is 1. The van der Waals surface area contributed by atoms with Gasteiger partial charge in [0.25, 0.3) is 0 Å². The molecule has 3 atom stereocenters. The van der Waals surface area contributed by atoms with Crippen LogP contribution in [0.25, 0.3) is 0 Å². The molecule has 1 unspecified atom stereocenters. The van der Waals surface area contributed by atoms with Crippen molar-refractivity contribution in [1.82, 2.24) is 15.2 Å². The summed E-state index contributed by atoms with van der Waals surface area (Å²) in [5, 5.41) is 3.32. The van der Waals surface area contributed by atoms with E-state index in [1.165, 1.54) is 18.2 Å². The van der Waals surface area contributed by atoms with Crippen LogP contribution in [0, 0.1) is 0 Å². The average molecular weight is 417 g/mol. The summed E-state index contributed by atoms with van der Waals surface area (Å²) in [6.45, 7) is 5.16. The number of nitrogens with one attached hydrogen (secondary N) is 1. The zero-order chi connectivity index (χ0) is 21.4. The van der Waals surface area contributed by atoms with Crippen LogP contribution >= 0.6 is 0 Å². The highest BCUT2D eigenvalue weighted by atomic mass is 19.4. The molecule has 3 rings (SSSR count). The van der Waals surface area contributed by atoms with Crippen LogP contribution in [-0.2, 0) is 12.4 Å². The molecule has 2 heterocycles. The summed E-state index contributed by atoms with van der Waals surface area (Å²) in [6, 6.07) is 6.55. The standard InChI is InChI=1S/C20H21F6N3/c1-12-11-29(13(2)9-27-12)18(14-3-5-15(6-4-14)19(21,22)23)17-8-7-16(10-28-17)20(24,25)26/h3-8,10,12-13,18,27H,9,11H2,1-2H3/t12-,13+,18?/m0/s1. The predicted octanol–water partition coefficient (Wildman–Crippen LogP) is 4.89. The minimum Gasteiger partial charge on any atom is -0.311 e. The second-order valence-corrected chi connectivity index (χ2v) is 7.35. The normalized spacial score (nSPS) is 22.5. The zero-order valence-electron chi connectivity index (χ0n) is 15.8. The number of rotatable bonds is 3. The summed E-state index contributed by atoms with van der Waals surface area (Å²) in [4.78, 5) is 6.08. The Morgan fingerprint density at radius 2 is 1.52 bits per heavy atom. The van der Waals surface area contributed by atoms with Crippen LogP contribution < -0.4 is 5.32 Å². The number of piperazine rings is 1. The fraction of sp³-hybridized carbons (Fsp3) is 0.450. The van der Waals surface area contributed by atoms with Crippen LogP contribution in [0.2, 0.25) is 0 Å². The first-order valence-corrected chi connectivity index (χ1v) is 9.16. The number of hydrogen-bond acceptors (Lipinski definition) is 3. The lowest BCUT2D eigenvalue weighted by Crippen LogP contribution is -2.55.